The number of thiazole rings is 1. The molecule has 0 radical (unpaired) electrons. The van der Waals surface area contributed by atoms with Gasteiger partial charge in [-0.1, -0.05) is 44.2 Å². The Morgan fingerprint density at radius 2 is 1.86 bits per heavy atom. The number of hydrogen-bond donors (Lipinski definition) is 4. The van der Waals surface area contributed by atoms with Gasteiger partial charge in [0.05, 0.1) is 33.9 Å². The first kappa shape index (κ1) is 40.1. The second-order valence-electron chi connectivity index (χ2n) is 15.9. The van der Waals surface area contributed by atoms with Crippen LogP contribution in [0.1, 0.15) is 73.3 Å². The molecule has 0 unspecified atom stereocenters. The number of ether oxygens (including phenoxy) is 1. The molecule has 2 amide bonds. The van der Waals surface area contributed by atoms with Crippen LogP contribution in [-0.2, 0) is 9.59 Å². The van der Waals surface area contributed by atoms with Gasteiger partial charge in [0, 0.05) is 61.2 Å². The van der Waals surface area contributed by atoms with Gasteiger partial charge >= 0.3 is 0 Å². The van der Waals surface area contributed by atoms with E-state index in [0.29, 0.717) is 30.3 Å². The fraction of sp³-hybridized carbons (Fsp3) is 0.395. The highest BCUT2D eigenvalue weighted by molar-refractivity contribution is 7.13. The molecule has 4 aromatic heterocycles. The number of benzene rings is 2. The maximum absolute atomic E-state index is 14.1. The number of aromatic hydroxyl groups is 1. The Labute approximate surface area is 344 Å². The number of carbonyl (C=O) groups is 2. The number of hydrogen-bond acceptors (Lipinski definition) is 12. The topological polar surface area (TPSA) is 183 Å². The van der Waals surface area contributed by atoms with Gasteiger partial charge in [0.25, 0.3) is 5.88 Å². The van der Waals surface area contributed by atoms with Gasteiger partial charge < -0.3 is 34.7 Å². The summed E-state index contributed by atoms with van der Waals surface area (Å²) in [6, 6.07) is 14.6. The molecule has 6 aromatic rings. The lowest BCUT2D eigenvalue weighted by molar-refractivity contribution is -0.141. The lowest BCUT2D eigenvalue weighted by Gasteiger charge is -2.39. The smallest absolute Gasteiger partial charge is 0.254 e. The molecule has 2 aliphatic heterocycles. The van der Waals surface area contributed by atoms with Crippen LogP contribution >= 0.6 is 11.3 Å². The SMILES string of the molecule is Cc1ncsc1-c1ccc([C@H](C)NC(=O)[C@@H]2C[C@@H](O)CN2C(=O)[C@@H](c2cc(OCCN3CC(c4[nH]c5nnc(-c6cccc(F)c6O)cc5c4C)C3)no2)C(C)C)cc1. The van der Waals surface area contributed by atoms with E-state index in [1.807, 2.05) is 70.5 Å². The predicted octanol–water partition coefficient (Wildman–Crippen LogP) is 6.25. The molecule has 2 aromatic carbocycles. The molecule has 0 bridgehead atoms. The first-order chi connectivity index (χ1) is 28.4. The summed E-state index contributed by atoms with van der Waals surface area (Å²) < 4.78 is 25.6. The van der Waals surface area contributed by atoms with Crippen molar-refractivity contribution in [1.82, 2.24) is 40.4 Å². The van der Waals surface area contributed by atoms with Crippen molar-refractivity contribution >= 4 is 34.2 Å². The lowest BCUT2D eigenvalue weighted by atomic mass is 9.91. The molecule has 2 fully saturated rings. The maximum atomic E-state index is 14.1. The minimum Gasteiger partial charge on any atom is -0.504 e. The number of rotatable bonds is 13. The number of β-amino-alcohol motifs (C(OH)–C–C–N with tert-alkyl or cyclic N) is 1. The second-order valence-corrected chi connectivity index (χ2v) is 16.8. The van der Waals surface area contributed by atoms with Crippen molar-refractivity contribution in [1.29, 1.82) is 0 Å². The van der Waals surface area contributed by atoms with Gasteiger partial charge in [-0.25, -0.2) is 9.37 Å². The first-order valence-electron chi connectivity index (χ1n) is 19.8. The number of para-hydroxylation sites is 1. The third kappa shape index (κ3) is 8.04. The summed E-state index contributed by atoms with van der Waals surface area (Å²) in [5, 5.41) is 37.4. The van der Waals surface area contributed by atoms with Crippen LogP contribution in [0.3, 0.4) is 0 Å². The number of fused-ring (bicyclic) bond motifs is 1. The monoisotopic (exact) mass is 822 g/mol. The second kappa shape index (κ2) is 16.5. The van der Waals surface area contributed by atoms with Gasteiger partial charge in [-0.05, 0) is 66.7 Å². The van der Waals surface area contributed by atoms with Crippen molar-refractivity contribution in [3.05, 3.63) is 94.2 Å². The summed E-state index contributed by atoms with van der Waals surface area (Å²) in [5.41, 5.74) is 8.18. The van der Waals surface area contributed by atoms with E-state index in [9.17, 15) is 24.2 Å². The quantitative estimate of drug-likeness (QED) is 0.103. The first-order valence-corrected chi connectivity index (χ1v) is 20.7. The minimum absolute atomic E-state index is 0.0394. The molecule has 16 heteroatoms. The van der Waals surface area contributed by atoms with Crippen molar-refractivity contribution in [2.75, 3.05) is 32.8 Å². The largest absolute Gasteiger partial charge is 0.504 e. The number of nitrogens with zero attached hydrogens (tertiary/aromatic N) is 6. The molecule has 308 valence electrons. The van der Waals surface area contributed by atoms with Crippen LogP contribution in [-0.4, -0.2) is 102 Å². The van der Waals surface area contributed by atoms with E-state index in [0.717, 1.165) is 51.4 Å². The van der Waals surface area contributed by atoms with Gasteiger partial charge in [0.2, 0.25) is 11.8 Å². The molecule has 4 atom stereocenters. The van der Waals surface area contributed by atoms with Gasteiger partial charge in [0.1, 0.15) is 18.6 Å². The molecule has 6 heterocycles. The molecule has 4 N–H and O–H groups in total. The fourth-order valence-corrected chi connectivity index (χ4v) is 9.03. The molecule has 0 saturated carbocycles. The number of aliphatic hydroxyl groups excluding tert-OH is 1. The van der Waals surface area contributed by atoms with Crippen molar-refractivity contribution < 1.29 is 33.5 Å². The zero-order chi connectivity index (χ0) is 41.5. The molecule has 14 nitrogen and oxygen atoms in total. The zero-order valence-corrected chi connectivity index (χ0v) is 34.3. The molecule has 59 heavy (non-hydrogen) atoms. The number of halogens is 1. The van der Waals surface area contributed by atoms with Crippen LogP contribution in [0.25, 0.3) is 32.7 Å². The number of H-pyrrole nitrogens is 1. The van der Waals surface area contributed by atoms with Gasteiger partial charge in [-0.15, -0.1) is 21.5 Å². The molecule has 0 aliphatic carbocycles. The van der Waals surface area contributed by atoms with E-state index in [1.165, 1.54) is 17.0 Å². The lowest BCUT2D eigenvalue weighted by Crippen LogP contribution is -2.48. The normalized spacial score (nSPS) is 18.3. The number of nitrogens with one attached hydrogen (secondary N) is 2. The Morgan fingerprint density at radius 1 is 1.08 bits per heavy atom. The number of likely N-dealkylation sites (tertiary alicyclic amines) is 2. The van der Waals surface area contributed by atoms with Crippen LogP contribution in [0, 0.1) is 25.6 Å². The van der Waals surface area contributed by atoms with Crippen molar-refractivity contribution in [3.63, 3.8) is 0 Å². The van der Waals surface area contributed by atoms with Gasteiger partial charge in [0.15, 0.2) is 23.0 Å². The molecule has 0 spiro atoms. The fourth-order valence-electron chi connectivity index (χ4n) is 8.21. The van der Waals surface area contributed by atoms with Crippen molar-refractivity contribution in [3.8, 4) is 33.3 Å². The highest BCUT2D eigenvalue weighted by atomic mass is 32.1. The molecule has 2 saturated heterocycles. The summed E-state index contributed by atoms with van der Waals surface area (Å²) in [6.45, 7) is 12.3. The number of carbonyl (C=O) groups excluding carboxylic acids is 2. The van der Waals surface area contributed by atoms with Crippen LogP contribution in [0.5, 0.6) is 11.6 Å². The third-order valence-corrected chi connectivity index (χ3v) is 12.5. The van der Waals surface area contributed by atoms with Crippen LogP contribution < -0.4 is 10.1 Å². The van der Waals surface area contributed by atoms with Crippen molar-refractivity contribution in [2.45, 2.75) is 71.1 Å². The number of aromatic amines is 1. The van der Waals surface area contributed by atoms with E-state index >= 15 is 0 Å². The van der Waals surface area contributed by atoms with Gasteiger partial charge in [-0.3, -0.25) is 14.5 Å². The summed E-state index contributed by atoms with van der Waals surface area (Å²) in [4.78, 5) is 40.3. The van der Waals surface area contributed by atoms with Crippen molar-refractivity contribution in [2.24, 2.45) is 5.92 Å². The Morgan fingerprint density at radius 3 is 2.59 bits per heavy atom. The van der Waals surface area contributed by atoms with Crippen LogP contribution in [0.4, 0.5) is 4.39 Å². The number of aryl methyl sites for hydroxylation is 2. The number of amides is 2. The van der Waals surface area contributed by atoms with Gasteiger partial charge in [-0.2, -0.15) is 0 Å². The third-order valence-electron chi connectivity index (χ3n) is 11.5. The minimum atomic E-state index is -0.840. The van der Waals surface area contributed by atoms with E-state index in [4.69, 9.17) is 9.26 Å². The Kier molecular flexibility index (Phi) is 11.2. The number of phenols is 1. The molecule has 2 aliphatic rings. The van der Waals surface area contributed by atoms with Crippen LogP contribution in [0.2, 0.25) is 0 Å². The number of aliphatic hydroxyl groups is 1. The molecule has 8 rings (SSSR count). The summed E-state index contributed by atoms with van der Waals surface area (Å²) in [6.07, 6.45) is -0.698. The zero-order valence-electron chi connectivity index (χ0n) is 33.5. The molecular weight excluding hydrogens is 776 g/mol. The average Bonchev–Trinajstić information content (AvgIpc) is 4.00. The maximum Gasteiger partial charge on any atom is 0.254 e. The highest BCUT2D eigenvalue weighted by Gasteiger charge is 2.43. The average molecular weight is 823 g/mol. The number of phenolic OH excluding ortho intramolecular Hbond substituents is 1. The number of aromatic nitrogens is 5. The highest BCUT2D eigenvalue weighted by Crippen LogP contribution is 2.37. The Hall–Kier alpha value is -5.71. The van der Waals surface area contributed by atoms with E-state index in [1.54, 1.807) is 23.5 Å². The summed E-state index contributed by atoms with van der Waals surface area (Å²) in [5.74, 6) is -1.89. The summed E-state index contributed by atoms with van der Waals surface area (Å²) >= 11 is 1.58. The summed E-state index contributed by atoms with van der Waals surface area (Å²) in [7, 11) is 0. The van der Waals surface area contributed by atoms with E-state index < -0.39 is 29.6 Å². The standard InChI is InChI=1S/C43H47FN8O6S/c1-22(2)37(43(56)52-20-29(53)15-34(52)42(55)46-24(4)26-9-11-27(12-10-26)40-25(5)45-21-59-40)35-17-36(50-58-35)57-14-13-51-18-28(19-51)38-23(3)31-16-33(48-49-41(31)47-38)30-7-6-8-32(44)39(30)54/h6-12,16-17,21-22,24,28-29,34,37,53-54H,13-15,18-20H2,1-5H3,(H,46,55)(H,47,49)/t24-,29+,34-,37+/m0/s1. The Bertz CT molecular complexity index is 2480. The predicted molar refractivity (Wildman–Crippen MR) is 219 cm³/mol. The Balaban J connectivity index is 0.848. The van der Waals surface area contributed by atoms with Crippen LogP contribution in [0.15, 0.2) is 64.6 Å². The van der Waals surface area contributed by atoms with E-state index in [2.05, 4.69) is 35.5 Å². The molecular formula is C43H47FN8O6S. The van der Waals surface area contributed by atoms with E-state index in [-0.39, 0.29) is 54.1 Å².